The molecule has 5 nitrogen and oxygen atoms in total. The van der Waals surface area contributed by atoms with E-state index in [9.17, 15) is 4.79 Å². The standard InChI is InChI=1S/C27H31N3O2/c1-20-10-12-23(13-11-20)19-30-24-16-21(2)32-26(24)17-25(30)27(31)29(15-14-28(3)4)18-22-8-6-5-7-9-22/h5-13,16-17H,14-15,18-19H2,1-4H3. The van der Waals surface area contributed by atoms with Crippen LogP contribution in [0.25, 0.3) is 11.1 Å². The number of likely N-dealkylation sites (N-methyl/N-ethyl adjacent to an activating group) is 1. The second-order valence-corrected chi connectivity index (χ2v) is 8.72. The molecule has 2 aromatic heterocycles. The van der Waals surface area contributed by atoms with Gasteiger partial charge in [-0.3, -0.25) is 4.79 Å². The van der Waals surface area contributed by atoms with Crippen molar-refractivity contribution in [3.8, 4) is 0 Å². The number of fused-ring (bicyclic) bond motifs is 1. The Labute approximate surface area is 189 Å². The van der Waals surface area contributed by atoms with Crippen LogP contribution in [0.4, 0.5) is 0 Å². The molecule has 0 saturated heterocycles. The molecule has 2 aromatic carbocycles. The van der Waals surface area contributed by atoms with Gasteiger partial charge in [-0.25, -0.2) is 0 Å². The Bertz CT molecular complexity index is 1190. The summed E-state index contributed by atoms with van der Waals surface area (Å²) in [5, 5.41) is 0. The minimum Gasteiger partial charge on any atom is -0.460 e. The van der Waals surface area contributed by atoms with Crippen LogP contribution in [0.2, 0.25) is 0 Å². The Hall–Kier alpha value is -3.31. The number of rotatable bonds is 8. The van der Waals surface area contributed by atoms with Crippen LogP contribution in [-0.2, 0) is 13.1 Å². The first-order valence-electron chi connectivity index (χ1n) is 11.0. The van der Waals surface area contributed by atoms with Gasteiger partial charge in [0.25, 0.3) is 5.91 Å². The number of hydrogen-bond donors (Lipinski definition) is 0. The molecular weight excluding hydrogens is 398 g/mol. The maximum atomic E-state index is 13.8. The van der Waals surface area contributed by atoms with Crippen molar-refractivity contribution in [3.05, 3.63) is 94.9 Å². The number of aromatic nitrogens is 1. The molecular formula is C27H31N3O2. The third kappa shape index (κ3) is 4.94. The van der Waals surface area contributed by atoms with E-state index >= 15 is 0 Å². The fraction of sp³-hybridized carbons (Fsp3) is 0.296. The van der Waals surface area contributed by atoms with Gasteiger partial charge in [-0.1, -0.05) is 60.2 Å². The number of carbonyl (C=O) groups is 1. The first-order valence-corrected chi connectivity index (χ1v) is 11.0. The molecule has 4 rings (SSSR count). The summed E-state index contributed by atoms with van der Waals surface area (Å²) in [6.45, 7) is 6.67. The summed E-state index contributed by atoms with van der Waals surface area (Å²) in [6, 6.07) is 22.5. The number of nitrogens with zero attached hydrogens (tertiary/aromatic N) is 3. The third-order valence-electron chi connectivity index (χ3n) is 5.71. The molecule has 2 heterocycles. The summed E-state index contributed by atoms with van der Waals surface area (Å²) in [6.07, 6.45) is 0. The number of amides is 1. The van der Waals surface area contributed by atoms with Gasteiger partial charge in [0, 0.05) is 38.3 Å². The summed E-state index contributed by atoms with van der Waals surface area (Å²) in [7, 11) is 4.06. The zero-order valence-corrected chi connectivity index (χ0v) is 19.3. The first-order chi connectivity index (χ1) is 15.4. The third-order valence-corrected chi connectivity index (χ3v) is 5.71. The average molecular weight is 430 g/mol. The molecule has 166 valence electrons. The van der Waals surface area contributed by atoms with Crippen molar-refractivity contribution < 1.29 is 9.21 Å². The van der Waals surface area contributed by atoms with Crippen molar-refractivity contribution in [2.45, 2.75) is 26.9 Å². The van der Waals surface area contributed by atoms with E-state index in [0.29, 0.717) is 25.3 Å². The number of hydrogen-bond acceptors (Lipinski definition) is 3. The van der Waals surface area contributed by atoms with Crippen LogP contribution in [0.3, 0.4) is 0 Å². The summed E-state index contributed by atoms with van der Waals surface area (Å²) in [5.74, 6) is 0.868. The number of carbonyl (C=O) groups excluding carboxylic acids is 1. The van der Waals surface area contributed by atoms with Gasteiger partial charge < -0.3 is 18.8 Å². The van der Waals surface area contributed by atoms with Gasteiger partial charge in [-0.15, -0.1) is 0 Å². The normalized spacial score (nSPS) is 11.4. The van der Waals surface area contributed by atoms with E-state index in [-0.39, 0.29) is 5.91 Å². The molecule has 0 N–H and O–H groups in total. The molecule has 0 saturated carbocycles. The maximum absolute atomic E-state index is 13.8. The highest BCUT2D eigenvalue weighted by Crippen LogP contribution is 2.26. The monoisotopic (exact) mass is 429 g/mol. The molecule has 32 heavy (non-hydrogen) atoms. The van der Waals surface area contributed by atoms with Crippen molar-refractivity contribution in [2.24, 2.45) is 0 Å². The highest BCUT2D eigenvalue weighted by atomic mass is 16.3. The zero-order chi connectivity index (χ0) is 22.7. The second kappa shape index (κ2) is 9.45. The predicted octanol–water partition coefficient (Wildman–Crippen LogP) is 5.10. The Morgan fingerprint density at radius 2 is 1.62 bits per heavy atom. The summed E-state index contributed by atoms with van der Waals surface area (Å²) in [5.41, 5.74) is 5.87. The number of benzene rings is 2. The average Bonchev–Trinajstić information content (AvgIpc) is 3.29. The lowest BCUT2D eigenvalue weighted by molar-refractivity contribution is 0.0722. The molecule has 0 fully saturated rings. The van der Waals surface area contributed by atoms with Crippen molar-refractivity contribution >= 4 is 17.0 Å². The van der Waals surface area contributed by atoms with Crippen molar-refractivity contribution in [3.63, 3.8) is 0 Å². The minimum absolute atomic E-state index is 0.0202. The van der Waals surface area contributed by atoms with Gasteiger partial charge in [0.2, 0.25) is 0 Å². The Morgan fingerprint density at radius 1 is 0.906 bits per heavy atom. The molecule has 4 aromatic rings. The minimum atomic E-state index is 0.0202. The molecule has 1 amide bonds. The van der Waals surface area contributed by atoms with Gasteiger partial charge in [0.05, 0.1) is 5.52 Å². The summed E-state index contributed by atoms with van der Waals surface area (Å²) in [4.78, 5) is 17.9. The van der Waals surface area contributed by atoms with Gasteiger partial charge in [-0.05, 0) is 39.1 Å². The van der Waals surface area contributed by atoms with Gasteiger partial charge >= 0.3 is 0 Å². The van der Waals surface area contributed by atoms with E-state index in [2.05, 4.69) is 52.8 Å². The SMILES string of the molecule is Cc1ccc(Cn2c(C(=O)N(CCN(C)C)Cc3ccccc3)cc3oc(C)cc32)cc1. The summed E-state index contributed by atoms with van der Waals surface area (Å²) >= 11 is 0. The topological polar surface area (TPSA) is 41.6 Å². The second-order valence-electron chi connectivity index (χ2n) is 8.72. The predicted molar refractivity (Wildman–Crippen MR) is 129 cm³/mol. The molecule has 5 heteroatoms. The van der Waals surface area contributed by atoms with Gasteiger partial charge in [0.15, 0.2) is 5.58 Å². The van der Waals surface area contributed by atoms with E-state index in [0.717, 1.165) is 34.5 Å². The highest BCUT2D eigenvalue weighted by Gasteiger charge is 2.23. The molecule has 0 aliphatic rings. The largest absolute Gasteiger partial charge is 0.460 e. The maximum Gasteiger partial charge on any atom is 0.270 e. The van der Waals surface area contributed by atoms with Crippen LogP contribution in [0.1, 0.15) is 32.9 Å². The van der Waals surface area contributed by atoms with Crippen LogP contribution in [0.5, 0.6) is 0 Å². The fourth-order valence-corrected chi connectivity index (χ4v) is 3.93. The quantitative estimate of drug-likeness (QED) is 0.391. The molecule has 0 bridgehead atoms. The van der Waals surface area contributed by atoms with E-state index in [1.54, 1.807) is 0 Å². The molecule has 0 unspecified atom stereocenters. The molecule has 0 aliphatic heterocycles. The Kier molecular flexibility index (Phi) is 6.47. The van der Waals surface area contributed by atoms with E-state index < -0.39 is 0 Å². The van der Waals surface area contributed by atoms with Crippen LogP contribution < -0.4 is 0 Å². The zero-order valence-electron chi connectivity index (χ0n) is 19.3. The van der Waals surface area contributed by atoms with Crippen molar-refractivity contribution in [2.75, 3.05) is 27.2 Å². The van der Waals surface area contributed by atoms with Gasteiger partial charge in [-0.2, -0.15) is 0 Å². The number of furan rings is 1. The molecule has 0 spiro atoms. The molecule has 0 radical (unpaired) electrons. The van der Waals surface area contributed by atoms with Crippen molar-refractivity contribution in [1.82, 2.24) is 14.4 Å². The molecule has 0 atom stereocenters. The number of aryl methyl sites for hydroxylation is 2. The first kappa shape index (κ1) is 21.9. The smallest absolute Gasteiger partial charge is 0.270 e. The Morgan fingerprint density at radius 3 is 2.31 bits per heavy atom. The lowest BCUT2D eigenvalue weighted by Gasteiger charge is -2.25. The lowest BCUT2D eigenvalue weighted by atomic mass is 10.1. The van der Waals surface area contributed by atoms with Crippen LogP contribution >= 0.6 is 0 Å². The Balaban J connectivity index is 1.70. The fourth-order valence-electron chi connectivity index (χ4n) is 3.93. The lowest BCUT2D eigenvalue weighted by Crippen LogP contribution is -2.37. The van der Waals surface area contributed by atoms with E-state index in [1.165, 1.54) is 5.56 Å². The van der Waals surface area contributed by atoms with Crippen LogP contribution in [0, 0.1) is 13.8 Å². The van der Waals surface area contributed by atoms with Crippen LogP contribution in [-0.4, -0.2) is 47.5 Å². The van der Waals surface area contributed by atoms with Gasteiger partial charge in [0.1, 0.15) is 11.5 Å². The van der Waals surface area contributed by atoms with Crippen molar-refractivity contribution in [1.29, 1.82) is 0 Å². The molecule has 0 aliphatic carbocycles. The van der Waals surface area contributed by atoms with E-state index in [4.69, 9.17) is 4.42 Å². The van der Waals surface area contributed by atoms with Crippen LogP contribution in [0.15, 0.2) is 71.1 Å². The summed E-state index contributed by atoms with van der Waals surface area (Å²) < 4.78 is 7.98. The van der Waals surface area contributed by atoms with E-state index in [1.807, 2.05) is 56.3 Å². The highest BCUT2D eigenvalue weighted by molar-refractivity contribution is 5.97.